The van der Waals surface area contributed by atoms with Crippen molar-refractivity contribution in [2.75, 3.05) is 31.6 Å². The summed E-state index contributed by atoms with van der Waals surface area (Å²) in [7, 11) is 1.79. The minimum Gasteiger partial charge on any atom is -0.354 e. The monoisotopic (exact) mass is 336 g/mol. The first-order valence-corrected chi connectivity index (χ1v) is 8.60. The first-order chi connectivity index (χ1) is 12.2. The minimum absolute atomic E-state index is 0.0491. The standard InChI is InChI=1S/C20H24N4O/c1-15-6-5-8-17(14-15)19(25)22-11-12-23-20(21-2)24-13-10-16-7-3-4-9-18(16)24/h3-9,14H,10-13H2,1-2H3,(H,21,23)(H,22,25). The molecule has 2 N–H and O–H groups in total. The molecule has 25 heavy (non-hydrogen) atoms. The van der Waals surface area contributed by atoms with Crippen LogP contribution in [0.25, 0.3) is 0 Å². The molecule has 2 aromatic rings. The number of aryl methyl sites for hydroxylation is 1. The summed E-state index contributed by atoms with van der Waals surface area (Å²) in [6.07, 6.45) is 1.03. The van der Waals surface area contributed by atoms with Gasteiger partial charge >= 0.3 is 0 Å². The van der Waals surface area contributed by atoms with Gasteiger partial charge in [0.1, 0.15) is 0 Å². The SMILES string of the molecule is CN=C(NCCNC(=O)c1cccc(C)c1)N1CCc2ccccc21. The number of nitrogens with zero attached hydrogens (tertiary/aromatic N) is 2. The maximum absolute atomic E-state index is 12.2. The Bertz CT molecular complexity index is 785. The zero-order valence-corrected chi connectivity index (χ0v) is 14.7. The number of benzene rings is 2. The lowest BCUT2D eigenvalue weighted by atomic mass is 10.1. The van der Waals surface area contributed by atoms with Crippen LogP contribution >= 0.6 is 0 Å². The van der Waals surface area contributed by atoms with Crippen molar-refractivity contribution in [1.82, 2.24) is 10.6 Å². The highest BCUT2D eigenvalue weighted by Gasteiger charge is 2.22. The molecule has 0 saturated heterocycles. The van der Waals surface area contributed by atoms with Crippen LogP contribution in [0.5, 0.6) is 0 Å². The number of para-hydroxylation sites is 1. The van der Waals surface area contributed by atoms with Crippen LogP contribution < -0.4 is 15.5 Å². The number of carbonyl (C=O) groups excluding carboxylic acids is 1. The smallest absolute Gasteiger partial charge is 0.251 e. The number of hydrogen-bond acceptors (Lipinski definition) is 2. The Kier molecular flexibility index (Phi) is 5.33. The summed E-state index contributed by atoms with van der Waals surface area (Å²) in [6.45, 7) is 4.08. The molecule has 0 spiro atoms. The molecule has 0 saturated carbocycles. The van der Waals surface area contributed by atoms with Gasteiger partial charge in [0.25, 0.3) is 5.91 Å². The van der Waals surface area contributed by atoms with E-state index in [-0.39, 0.29) is 5.91 Å². The molecule has 0 aliphatic carbocycles. The number of hydrogen-bond donors (Lipinski definition) is 2. The fraction of sp³-hybridized carbons (Fsp3) is 0.300. The van der Waals surface area contributed by atoms with Crippen molar-refractivity contribution >= 4 is 17.6 Å². The molecule has 5 heteroatoms. The Balaban J connectivity index is 1.51. The summed E-state index contributed by atoms with van der Waals surface area (Å²) >= 11 is 0. The van der Waals surface area contributed by atoms with E-state index in [0.29, 0.717) is 18.7 Å². The van der Waals surface area contributed by atoms with Crippen LogP contribution in [-0.4, -0.2) is 38.5 Å². The van der Waals surface area contributed by atoms with Gasteiger partial charge in [0.05, 0.1) is 0 Å². The van der Waals surface area contributed by atoms with Gasteiger partial charge in [-0.1, -0.05) is 35.9 Å². The molecule has 1 amide bonds. The van der Waals surface area contributed by atoms with E-state index in [1.807, 2.05) is 37.3 Å². The maximum atomic E-state index is 12.2. The van der Waals surface area contributed by atoms with Gasteiger partial charge in [0, 0.05) is 37.9 Å². The average molecular weight is 336 g/mol. The molecule has 0 aromatic heterocycles. The van der Waals surface area contributed by atoms with Crippen molar-refractivity contribution in [3.8, 4) is 0 Å². The zero-order chi connectivity index (χ0) is 17.6. The number of carbonyl (C=O) groups is 1. The Morgan fingerprint density at radius 2 is 1.92 bits per heavy atom. The molecule has 0 fully saturated rings. The zero-order valence-electron chi connectivity index (χ0n) is 14.7. The van der Waals surface area contributed by atoms with E-state index in [9.17, 15) is 4.79 Å². The normalized spacial score (nSPS) is 13.5. The fourth-order valence-electron chi connectivity index (χ4n) is 3.09. The third-order valence-electron chi connectivity index (χ3n) is 4.33. The van der Waals surface area contributed by atoms with Crippen molar-refractivity contribution in [2.45, 2.75) is 13.3 Å². The number of fused-ring (bicyclic) bond motifs is 1. The van der Waals surface area contributed by atoms with Gasteiger partial charge in [-0.3, -0.25) is 9.79 Å². The summed E-state index contributed by atoms with van der Waals surface area (Å²) in [5.74, 6) is 0.793. The lowest BCUT2D eigenvalue weighted by Gasteiger charge is -2.22. The van der Waals surface area contributed by atoms with E-state index in [2.05, 4.69) is 38.7 Å². The molecule has 5 nitrogen and oxygen atoms in total. The molecule has 130 valence electrons. The van der Waals surface area contributed by atoms with Crippen molar-refractivity contribution < 1.29 is 4.79 Å². The van der Waals surface area contributed by atoms with Crippen molar-refractivity contribution in [3.05, 3.63) is 65.2 Å². The molecule has 0 bridgehead atoms. The number of nitrogens with one attached hydrogen (secondary N) is 2. The topological polar surface area (TPSA) is 56.7 Å². The van der Waals surface area contributed by atoms with Crippen molar-refractivity contribution in [1.29, 1.82) is 0 Å². The highest BCUT2D eigenvalue weighted by molar-refractivity contribution is 5.98. The summed E-state index contributed by atoms with van der Waals surface area (Å²) in [5.41, 5.74) is 4.33. The molecule has 0 radical (unpaired) electrons. The van der Waals surface area contributed by atoms with Crippen LogP contribution in [-0.2, 0) is 6.42 Å². The van der Waals surface area contributed by atoms with E-state index in [4.69, 9.17) is 0 Å². The quantitative estimate of drug-likeness (QED) is 0.512. The van der Waals surface area contributed by atoms with E-state index in [0.717, 1.165) is 24.5 Å². The molecule has 1 aliphatic heterocycles. The molecule has 0 atom stereocenters. The second-order valence-electron chi connectivity index (χ2n) is 6.13. The lowest BCUT2D eigenvalue weighted by Crippen LogP contribution is -2.43. The summed E-state index contributed by atoms with van der Waals surface area (Å²) in [6, 6.07) is 16.0. The summed E-state index contributed by atoms with van der Waals surface area (Å²) in [5, 5.41) is 6.27. The molecule has 1 aliphatic rings. The molecular weight excluding hydrogens is 312 g/mol. The van der Waals surface area contributed by atoms with Crippen molar-refractivity contribution in [2.24, 2.45) is 4.99 Å². The second kappa shape index (κ2) is 7.83. The van der Waals surface area contributed by atoms with Gasteiger partial charge in [-0.05, 0) is 37.1 Å². The predicted octanol–water partition coefficient (Wildman–Crippen LogP) is 2.36. The van der Waals surface area contributed by atoms with Gasteiger partial charge in [-0.15, -0.1) is 0 Å². The van der Waals surface area contributed by atoms with Crippen LogP contribution in [0.4, 0.5) is 5.69 Å². The van der Waals surface area contributed by atoms with Crippen molar-refractivity contribution in [3.63, 3.8) is 0 Å². The first kappa shape index (κ1) is 17.0. The van der Waals surface area contributed by atoms with Gasteiger partial charge in [-0.2, -0.15) is 0 Å². The molecular formula is C20H24N4O. The highest BCUT2D eigenvalue weighted by Crippen LogP contribution is 2.27. The molecule has 3 rings (SSSR count). The van der Waals surface area contributed by atoms with E-state index in [1.54, 1.807) is 7.05 Å². The van der Waals surface area contributed by atoms with Crippen LogP contribution in [0, 0.1) is 6.92 Å². The molecule has 1 heterocycles. The van der Waals surface area contributed by atoms with E-state index >= 15 is 0 Å². The van der Waals surface area contributed by atoms with Gasteiger partial charge in [0.15, 0.2) is 5.96 Å². The number of amides is 1. The fourth-order valence-corrected chi connectivity index (χ4v) is 3.09. The molecule has 2 aromatic carbocycles. The van der Waals surface area contributed by atoms with Gasteiger partial charge in [0.2, 0.25) is 0 Å². The Labute approximate surface area is 148 Å². The lowest BCUT2D eigenvalue weighted by molar-refractivity contribution is 0.0954. The summed E-state index contributed by atoms with van der Waals surface area (Å²) in [4.78, 5) is 18.7. The van der Waals surface area contributed by atoms with E-state index < -0.39 is 0 Å². The third kappa shape index (κ3) is 3.99. The number of aliphatic imine (C=N–C) groups is 1. The largest absolute Gasteiger partial charge is 0.354 e. The highest BCUT2D eigenvalue weighted by atomic mass is 16.1. The number of guanidine groups is 1. The van der Waals surface area contributed by atoms with Crippen LogP contribution in [0.3, 0.4) is 0 Å². The predicted molar refractivity (Wildman–Crippen MR) is 102 cm³/mol. The van der Waals surface area contributed by atoms with Crippen LogP contribution in [0.2, 0.25) is 0 Å². The minimum atomic E-state index is -0.0491. The number of anilines is 1. The Morgan fingerprint density at radius 1 is 1.12 bits per heavy atom. The molecule has 0 unspecified atom stereocenters. The van der Waals surface area contributed by atoms with Gasteiger partial charge < -0.3 is 15.5 Å². The third-order valence-corrected chi connectivity index (χ3v) is 4.33. The first-order valence-electron chi connectivity index (χ1n) is 8.60. The maximum Gasteiger partial charge on any atom is 0.251 e. The van der Waals surface area contributed by atoms with E-state index in [1.165, 1.54) is 11.3 Å². The Morgan fingerprint density at radius 3 is 2.72 bits per heavy atom. The van der Waals surface area contributed by atoms with Gasteiger partial charge in [-0.25, -0.2) is 0 Å². The average Bonchev–Trinajstić information content (AvgIpc) is 3.06. The second-order valence-corrected chi connectivity index (χ2v) is 6.13. The van der Waals surface area contributed by atoms with Crippen LogP contribution in [0.1, 0.15) is 21.5 Å². The summed E-state index contributed by atoms with van der Waals surface area (Å²) < 4.78 is 0. The Hall–Kier alpha value is -2.82. The van der Waals surface area contributed by atoms with Crippen LogP contribution in [0.15, 0.2) is 53.5 Å². The number of rotatable bonds is 4.